The lowest BCUT2D eigenvalue weighted by Crippen LogP contribution is -2.39. The summed E-state index contributed by atoms with van der Waals surface area (Å²) < 4.78 is 5.34. The van der Waals surface area contributed by atoms with Crippen LogP contribution in [0, 0.1) is 0 Å². The Bertz CT molecular complexity index is 753. The molecule has 152 valence electrons. The fourth-order valence-corrected chi connectivity index (χ4v) is 2.55. The second-order valence-corrected chi connectivity index (χ2v) is 6.29. The second-order valence-electron chi connectivity index (χ2n) is 6.29. The molecule has 2 rings (SSSR count). The largest absolute Gasteiger partial charge is 0.484 e. The number of ether oxygens (including phenoxy) is 1. The zero-order chi connectivity index (χ0) is 19.5. The molecule has 7 heteroatoms. The Labute approximate surface area is 184 Å². The highest BCUT2D eigenvalue weighted by atomic mass is 127. The number of halogens is 1. The van der Waals surface area contributed by atoms with Gasteiger partial charge >= 0.3 is 0 Å². The maximum atomic E-state index is 10.8. The smallest absolute Gasteiger partial charge is 0.255 e. The summed E-state index contributed by atoms with van der Waals surface area (Å²) in [5.74, 6) is 1.26. The fourth-order valence-electron chi connectivity index (χ4n) is 2.55. The molecule has 0 saturated carbocycles. The van der Waals surface area contributed by atoms with Crippen LogP contribution in [-0.2, 0) is 11.3 Å². The third kappa shape index (κ3) is 8.60. The number of hydrogen-bond acceptors (Lipinski definition) is 3. The summed E-state index contributed by atoms with van der Waals surface area (Å²) >= 11 is 0. The molecule has 0 saturated heterocycles. The van der Waals surface area contributed by atoms with Gasteiger partial charge in [0.1, 0.15) is 5.75 Å². The van der Waals surface area contributed by atoms with Gasteiger partial charge in [0.25, 0.3) is 5.91 Å². The third-order valence-electron chi connectivity index (χ3n) is 3.99. The number of primary amides is 1. The van der Waals surface area contributed by atoms with Gasteiger partial charge in [-0.15, -0.1) is 24.0 Å². The lowest BCUT2D eigenvalue weighted by Gasteiger charge is -2.16. The molecule has 1 unspecified atom stereocenters. The molecule has 28 heavy (non-hydrogen) atoms. The van der Waals surface area contributed by atoms with E-state index in [0.29, 0.717) is 18.2 Å². The van der Waals surface area contributed by atoms with Crippen molar-refractivity contribution in [2.24, 2.45) is 10.7 Å². The van der Waals surface area contributed by atoms with Gasteiger partial charge in [-0.1, -0.05) is 49.4 Å². The number of amides is 1. The zero-order valence-corrected chi connectivity index (χ0v) is 18.7. The van der Waals surface area contributed by atoms with Crippen LogP contribution in [0.15, 0.2) is 59.6 Å². The molecule has 2 aromatic rings. The van der Waals surface area contributed by atoms with Crippen LogP contribution in [0.3, 0.4) is 0 Å². The monoisotopic (exact) mass is 496 g/mol. The molecule has 6 nitrogen and oxygen atoms in total. The Hall–Kier alpha value is -2.29. The van der Waals surface area contributed by atoms with E-state index < -0.39 is 5.91 Å². The predicted molar refractivity (Wildman–Crippen MR) is 124 cm³/mol. The second kappa shape index (κ2) is 13.0. The van der Waals surface area contributed by atoms with E-state index in [2.05, 4.69) is 46.8 Å². The molecule has 0 radical (unpaired) electrons. The molecule has 0 bridgehead atoms. The van der Waals surface area contributed by atoms with E-state index in [-0.39, 0.29) is 30.6 Å². The first kappa shape index (κ1) is 23.7. The summed E-state index contributed by atoms with van der Waals surface area (Å²) in [4.78, 5) is 15.5. The van der Waals surface area contributed by atoms with Crippen LogP contribution < -0.4 is 21.1 Å². The van der Waals surface area contributed by atoms with Crippen LogP contribution in [0.5, 0.6) is 5.75 Å². The Morgan fingerprint density at radius 3 is 2.57 bits per heavy atom. The van der Waals surface area contributed by atoms with Gasteiger partial charge in [-0.25, -0.2) is 4.99 Å². The average molecular weight is 496 g/mol. The number of rotatable bonds is 9. The number of hydrogen-bond donors (Lipinski definition) is 3. The zero-order valence-electron chi connectivity index (χ0n) is 16.4. The number of carbonyl (C=O) groups excluding carboxylic acids is 1. The third-order valence-corrected chi connectivity index (χ3v) is 3.99. The minimum absolute atomic E-state index is 0. The summed E-state index contributed by atoms with van der Waals surface area (Å²) in [5, 5.41) is 6.65. The molecule has 0 aromatic heterocycles. The molecule has 1 amide bonds. The molecule has 0 aliphatic rings. The number of aliphatic imine (C=N–C) groups is 1. The maximum Gasteiger partial charge on any atom is 0.255 e. The van der Waals surface area contributed by atoms with Crippen molar-refractivity contribution in [3.63, 3.8) is 0 Å². The molecular formula is C21H29IN4O2. The van der Waals surface area contributed by atoms with E-state index in [1.807, 2.05) is 31.2 Å². The van der Waals surface area contributed by atoms with Crippen molar-refractivity contribution < 1.29 is 9.53 Å². The van der Waals surface area contributed by atoms with Gasteiger partial charge in [0.15, 0.2) is 12.6 Å². The van der Waals surface area contributed by atoms with Crippen LogP contribution in [-0.4, -0.2) is 31.6 Å². The van der Waals surface area contributed by atoms with Crippen molar-refractivity contribution >= 4 is 35.8 Å². The highest BCUT2D eigenvalue weighted by molar-refractivity contribution is 14.0. The average Bonchev–Trinajstić information content (AvgIpc) is 2.69. The summed E-state index contributed by atoms with van der Waals surface area (Å²) in [6, 6.07) is 17.9. The molecule has 0 aliphatic heterocycles. The van der Waals surface area contributed by atoms with E-state index in [0.717, 1.165) is 24.6 Å². The van der Waals surface area contributed by atoms with Crippen molar-refractivity contribution in [3.8, 4) is 5.75 Å². The van der Waals surface area contributed by atoms with Gasteiger partial charge in [0.05, 0.1) is 6.54 Å². The minimum Gasteiger partial charge on any atom is -0.484 e. The summed E-state index contributed by atoms with van der Waals surface area (Å²) in [5.41, 5.74) is 7.39. The van der Waals surface area contributed by atoms with Crippen LogP contribution in [0.4, 0.5) is 0 Å². The Kier molecular flexibility index (Phi) is 11.0. The van der Waals surface area contributed by atoms with Crippen molar-refractivity contribution in [3.05, 3.63) is 65.7 Å². The number of guanidine groups is 1. The Balaban J connectivity index is 0.00000392. The van der Waals surface area contributed by atoms with Gasteiger partial charge in [0, 0.05) is 13.1 Å². The number of benzene rings is 2. The normalized spacial score (nSPS) is 11.9. The molecule has 0 fully saturated rings. The summed E-state index contributed by atoms with van der Waals surface area (Å²) in [6.07, 6.45) is 0. The van der Waals surface area contributed by atoms with E-state index >= 15 is 0 Å². The van der Waals surface area contributed by atoms with E-state index in [4.69, 9.17) is 10.5 Å². The van der Waals surface area contributed by atoms with Crippen LogP contribution >= 0.6 is 24.0 Å². The van der Waals surface area contributed by atoms with Crippen molar-refractivity contribution in [1.29, 1.82) is 0 Å². The summed E-state index contributed by atoms with van der Waals surface area (Å²) in [6.45, 7) is 6.17. The molecule has 2 aromatic carbocycles. The molecule has 0 heterocycles. The van der Waals surface area contributed by atoms with Crippen LogP contribution in [0.2, 0.25) is 0 Å². The van der Waals surface area contributed by atoms with Gasteiger partial charge in [0.2, 0.25) is 0 Å². The Morgan fingerprint density at radius 1 is 1.14 bits per heavy atom. The lowest BCUT2D eigenvalue weighted by atomic mass is 10.0. The standard InChI is InChI=1S/C21H28N4O2.HI/c1-3-23-21(24-13-16(2)18-9-5-4-6-10-18)25-14-17-8-7-11-19(12-17)27-15-20(22)26;/h4-12,16H,3,13-15H2,1-2H3,(H2,22,26)(H2,23,24,25);1H. The lowest BCUT2D eigenvalue weighted by molar-refractivity contribution is -0.119. The van der Waals surface area contributed by atoms with E-state index in [1.165, 1.54) is 5.56 Å². The van der Waals surface area contributed by atoms with E-state index in [1.54, 1.807) is 6.07 Å². The van der Waals surface area contributed by atoms with Crippen molar-refractivity contribution in [1.82, 2.24) is 10.6 Å². The molecule has 1 atom stereocenters. The SMILES string of the molecule is CCNC(=NCc1cccc(OCC(N)=O)c1)NCC(C)c1ccccc1.I. The number of nitrogens with two attached hydrogens (primary N) is 1. The van der Waals surface area contributed by atoms with Gasteiger partial charge < -0.3 is 21.1 Å². The first-order valence-corrected chi connectivity index (χ1v) is 9.15. The quantitative estimate of drug-likeness (QED) is 0.283. The first-order chi connectivity index (χ1) is 13.1. The molecule has 4 N–H and O–H groups in total. The summed E-state index contributed by atoms with van der Waals surface area (Å²) in [7, 11) is 0. The highest BCUT2D eigenvalue weighted by Gasteiger charge is 2.06. The number of nitrogens with one attached hydrogen (secondary N) is 2. The number of nitrogens with zero attached hydrogens (tertiary/aromatic N) is 1. The van der Waals surface area contributed by atoms with E-state index in [9.17, 15) is 4.79 Å². The minimum atomic E-state index is -0.496. The van der Waals surface area contributed by atoms with Crippen LogP contribution in [0.25, 0.3) is 0 Å². The predicted octanol–water partition coefficient (Wildman–Crippen LogP) is 3.03. The van der Waals surface area contributed by atoms with Crippen molar-refractivity contribution in [2.45, 2.75) is 26.3 Å². The molecular weight excluding hydrogens is 467 g/mol. The topological polar surface area (TPSA) is 88.7 Å². The Morgan fingerprint density at radius 2 is 1.89 bits per heavy atom. The van der Waals surface area contributed by atoms with Crippen molar-refractivity contribution in [2.75, 3.05) is 19.7 Å². The van der Waals surface area contributed by atoms with Crippen LogP contribution in [0.1, 0.15) is 30.9 Å². The number of carbonyl (C=O) groups is 1. The molecule has 0 spiro atoms. The van der Waals surface area contributed by atoms with Gasteiger partial charge in [-0.05, 0) is 36.1 Å². The highest BCUT2D eigenvalue weighted by Crippen LogP contribution is 2.14. The van der Waals surface area contributed by atoms with Gasteiger partial charge in [-0.3, -0.25) is 4.79 Å². The van der Waals surface area contributed by atoms with Gasteiger partial charge in [-0.2, -0.15) is 0 Å². The maximum absolute atomic E-state index is 10.8. The molecule has 0 aliphatic carbocycles. The fraction of sp³-hybridized carbons (Fsp3) is 0.333. The first-order valence-electron chi connectivity index (χ1n) is 9.15.